The molecule has 1 heterocycles. The first-order valence-electron chi connectivity index (χ1n) is 5.44. The highest BCUT2D eigenvalue weighted by atomic mass is 32.2. The van der Waals surface area contributed by atoms with Gasteiger partial charge in [-0.25, -0.2) is 4.79 Å². The number of benzene rings is 1. The SMILES string of the molecule is O=C([O-])CSCC(=O)Nc1ccc2c(c1)C(=O)OC2. The van der Waals surface area contributed by atoms with Crippen LogP contribution in [0.3, 0.4) is 0 Å². The molecule has 1 aromatic carbocycles. The summed E-state index contributed by atoms with van der Waals surface area (Å²) in [5.74, 6) is -2.17. The topological polar surface area (TPSA) is 95.5 Å². The van der Waals surface area contributed by atoms with E-state index in [4.69, 9.17) is 4.74 Å². The van der Waals surface area contributed by atoms with Gasteiger partial charge >= 0.3 is 5.97 Å². The van der Waals surface area contributed by atoms with Crippen molar-refractivity contribution < 1.29 is 24.2 Å². The average molecular weight is 280 g/mol. The molecule has 1 aliphatic rings. The van der Waals surface area contributed by atoms with E-state index >= 15 is 0 Å². The molecule has 0 atom stereocenters. The first-order valence-corrected chi connectivity index (χ1v) is 6.59. The highest BCUT2D eigenvalue weighted by molar-refractivity contribution is 8.00. The number of fused-ring (bicyclic) bond motifs is 1. The van der Waals surface area contributed by atoms with Gasteiger partial charge in [0.2, 0.25) is 5.91 Å². The molecule has 0 aromatic heterocycles. The smallest absolute Gasteiger partial charge is 0.338 e. The molecule has 6 nitrogen and oxygen atoms in total. The van der Waals surface area contributed by atoms with E-state index in [0.29, 0.717) is 11.3 Å². The molecule has 19 heavy (non-hydrogen) atoms. The number of amides is 1. The summed E-state index contributed by atoms with van der Waals surface area (Å²) in [5, 5.41) is 12.8. The minimum Gasteiger partial charge on any atom is -0.549 e. The maximum atomic E-state index is 11.5. The Hall–Kier alpha value is -2.02. The molecule has 1 aromatic rings. The first kappa shape index (κ1) is 13.4. The van der Waals surface area contributed by atoms with Crippen LogP contribution in [-0.4, -0.2) is 29.4 Å². The molecule has 0 spiro atoms. The highest BCUT2D eigenvalue weighted by Crippen LogP contribution is 2.23. The summed E-state index contributed by atoms with van der Waals surface area (Å²) in [6, 6.07) is 4.93. The molecule has 0 saturated heterocycles. The molecule has 1 N–H and O–H groups in total. The van der Waals surface area contributed by atoms with Gasteiger partial charge in [0, 0.05) is 17.0 Å². The number of carbonyl (C=O) groups is 3. The molecule has 2 rings (SSSR count). The monoisotopic (exact) mass is 280 g/mol. The first-order chi connectivity index (χ1) is 9.06. The van der Waals surface area contributed by atoms with Crippen LogP contribution < -0.4 is 10.4 Å². The van der Waals surface area contributed by atoms with E-state index < -0.39 is 11.9 Å². The third kappa shape index (κ3) is 3.47. The number of rotatable bonds is 5. The second kappa shape index (κ2) is 5.75. The Morgan fingerprint density at radius 1 is 1.37 bits per heavy atom. The van der Waals surface area contributed by atoms with Gasteiger partial charge in [-0.15, -0.1) is 11.8 Å². The van der Waals surface area contributed by atoms with Crippen molar-refractivity contribution in [3.63, 3.8) is 0 Å². The quantitative estimate of drug-likeness (QED) is 0.749. The normalized spacial score (nSPS) is 12.7. The van der Waals surface area contributed by atoms with Crippen LogP contribution in [0.2, 0.25) is 0 Å². The zero-order valence-electron chi connectivity index (χ0n) is 9.80. The number of carboxylic acids is 1. The molecule has 1 aliphatic heterocycles. The van der Waals surface area contributed by atoms with Gasteiger partial charge in [-0.3, -0.25) is 4.79 Å². The van der Waals surface area contributed by atoms with E-state index in [2.05, 4.69) is 5.32 Å². The van der Waals surface area contributed by atoms with Gasteiger partial charge in [-0.2, -0.15) is 0 Å². The predicted octanol–water partition coefficient (Wildman–Crippen LogP) is -0.221. The van der Waals surface area contributed by atoms with E-state index in [-0.39, 0.29) is 24.0 Å². The lowest BCUT2D eigenvalue weighted by molar-refractivity contribution is -0.301. The standard InChI is InChI=1S/C12H11NO5S/c14-10(5-19-6-11(15)16)13-8-2-1-7-4-18-12(17)9(7)3-8/h1-3H,4-6H2,(H,13,14)(H,15,16)/p-1. The van der Waals surface area contributed by atoms with Gasteiger partial charge in [-0.1, -0.05) is 6.07 Å². The van der Waals surface area contributed by atoms with Crippen LogP contribution in [0.5, 0.6) is 0 Å². The Balaban J connectivity index is 1.93. The van der Waals surface area contributed by atoms with Crippen LogP contribution in [0.1, 0.15) is 15.9 Å². The fourth-order valence-corrected chi connectivity index (χ4v) is 2.14. The Labute approximate surface area is 113 Å². The summed E-state index contributed by atoms with van der Waals surface area (Å²) >= 11 is 0.949. The molecule has 0 radical (unpaired) electrons. The van der Waals surface area contributed by atoms with Crippen LogP contribution >= 0.6 is 11.8 Å². The average Bonchev–Trinajstić information content (AvgIpc) is 2.70. The zero-order chi connectivity index (χ0) is 13.8. The van der Waals surface area contributed by atoms with Crippen LogP contribution in [0.25, 0.3) is 0 Å². The van der Waals surface area contributed by atoms with Gasteiger partial charge in [0.05, 0.1) is 17.3 Å². The summed E-state index contributed by atoms with van der Waals surface area (Å²) in [4.78, 5) is 33.0. The number of hydrogen-bond donors (Lipinski definition) is 1. The molecule has 0 bridgehead atoms. The number of ether oxygens (including phenoxy) is 1. The Bertz CT molecular complexity index is 543. The number of carboxylic acid groups (broad SMARTS) is 1. The minimum absolute atomic E-state index is 0.00944. The van der Waals surface area contributed by atoms with E-state index in [1.807, 2.05) is 0 Å². The Kier molecular flexibility index (Phi) is 4.06. The molecule has 0 aliphatic carbocycles. The largest absolute Gasteiger partial charge is 0.549 e. The van der Waals surface area contributed by atoms with Crippen molar-refractivity contribution in [2.24, 2.45) is 0 Å². The molecule has 0 fully saturated rings. The number of carbonyl (C=O) groups excluding carboxylic acids is 3. The maximum absolute atomic E-state index is 11.5. The maximum Gasteiger partial charge on any atom is 0.338 e. The molecule has 1 amide bonds. The summed E-state index contributed by atoms with van der Waals surface area (Å²) < 4.78 is 4.85. The lowest BCUT2D eigenvalue weighted by atomic mass is 10.1. The lowest BCUT2D eigenvalue weighted by Crippen LogP contribution is -2.25. The summed E-state index contributed by atoms with van der Waals surface area (Å²) in [5.41, 5.74) is 1.71. The van der Waals surface area contributed by atoms with Gasteiger partial charge in [0.1, 0.15) is 6.61 Å². The van der Waals surface area contributed by atoms with Crippen molar-refractivity contribution in [1.82, 2.24) is 0 Å². The number of nitrogens with one attached hydrogen (secondary N) is 1. The lowest BCUT2D eigenvalue weighted by Gasteiger charge is -2.06. The second-order valence-electron chi connectivity index (χ2n) is 3.86. The summed E-state index contributed by atoms with van der Waals surface area (Å²) in [7, 11) is 0. The number of aliphatic carboxylic acids is 1. The Morgan fingerprint density at radius 2 is 2.16 bits per heavy atom. The van der Waals surface area contributed by atoms with E-state index in [9.17, 15) is 19.5 Å². The van der Waals surface area contributed by atoms with Crippen molar-refractivity contribution in [2.45, 2.75) is 6.61 Å². The van der Waals surface area contributed by atoms with Gasteiger partial charge in [0.15, 0.2) is 0 Å². The van der Waals surface area contributed by atoms with Gasteiger partial charge in [0.25, 0.3) is 0 Å². The number of anilines is 1. The van der Waals surface area contributed by atoms with Crippen molar-refractivity contribution in [3.05, 3.63) is 29.3 Å². The fraction of sp³-hybridized carbons (Fsp3) is 0.250. The van der Waals surface area contributed by atoms with Crippen molar-refractivity contribution in [2.75, 3.05) is 16.8 Å². The molecule has 7 heteroatoms. The molecule has 0 unspecified atom stereocenters. The number of hydrogen-bond acceptors (Lipinski definition) is 6. The summed E-state index contributed by atoms with van der Waals surface area (Å²) in [6.07, 6.45) is 0. The van der Waals surface area contributed by atoms with Crippen LogP contribution in [-0.2, 0) is 20.9 Å². The second-order valence-corrected chi connectivity index (χ2v) is 4.85. The number of cyclic esters (lactones) is 1. The number of thioether (sulfide) groups is 1. The minimum atomic E-state index is -1.21. The molecule has 0 saturated carbocycles. The molecule has 100 valence electrons. The van der Waals surface area contributed by atoms with Crippen LogP contribution in [0, 0.1) is 0 Å². The van der Waals surface area contributed by atoms with E-state index in [1.54, 1.807) is 18.2 Å². The third-order valence-corrected chi connectivity index (χ3v) is 3.33. The Morgan fingerprint density at radius 3 is 2.89 bits per heavy atom. The van der Waals surface area contributed by atoms with Crippen LogP contribution in [0.4, 0.5) is 5.69 Å². The molecular formula is C12H10NO5S-. The van der Waals surface area contributed by atoms with Crippen molar-refractivity contribution in [3.8, 4) is 0 Å². The number of esters is 1. The van der Waals surface area contributed by atoms with E-state index in [1.165, 1.54) is 0 Å². The van der Waals surface area contributed by atoms with E-state index in [0.717, 1.165) is 17.3 Å². The van der Waals surface area contributed by atoms with Crippen molar-refractivity contribution in [1.29, 1.82) is 0 Å². The highest BCUT2D eigenvalue weighted by Gasteiger charge is 2.21. The fourth-order valence-electron chi connectivity index (χ4n) is 1.62. The van der Waals surface area contributed by atoms with Crippen molar-refractivity contribution >= 4 is 35.3 Å². The van der Waals surface area contributed by atoms with Gasteiger partial charge in [-0.05, 0) is 12.1 Å². The van der Waals surface area contributed by atoms with Crippen LogP contribution in [0.15, 0.2) is 18.2 Å². The zero-order valence-corrected chi connectivity index (χ0v) is 10.6. The molecular weight excluding hydrogens is 270 g/mol. The predicted molar refractivity (Wildman–Crippen MR) is 66.5 cm³/mol. The summed E-state index contributed by atoms with van der Waals surface area (Å²) in [6.45, 7) is 0.254. The van der Waals surface area contributed by atoms with Gasteiger partial charge < -0.3 is 20.0 Å². The third-order valence-electron chi connectivity index (χ3n) is 2.43.